The highest BCUT2D eigenvalue weighted by Crippen LogP contribution is 2.66. The third kappa shape index (κ3) is 8.04. The molecule has 8 aromatic carbocycles. The fraction of sp³-hybridized carbons (Fsp3) is 0.273. The number of hydrogen-bond donors (Lipinski definition) is 0. The minimum atomic E-state index is 0.197. The van der Waals surface area contributed by atoms with Gasteiger partial charge in [0.05, 0.1) is 0 Å². The standard InChI is InChI=1S/C66H66BN/c1-43-9-13-53(14-10-43)55-17-27-60(28-18-55)68(61-29-19-56(20-30-61)54-15-11-44(2)12-16-54)62-31-23-58(24-32-62)66-40-51-37-52(41-66)39-65(38-51,42-66)57-21-25-59(26-22-57)67(63-47(5)33-45(3)34-48(63)6)64-49(7)35-46(4)36-50(64)8/h9-36,51-52H,37-42H2,1-8H3. The lowest BCUT2D eigenvalue weighted by Crippen LogP contribution is -2.57. The van der Waals surface area contributed by atoms with Crippen molar-refractivity contribution in [2.75, 3.05) is 4.90 Å². The first-order chi connectivity index (χ1) is 32.8. The van der Waals surface area contributed by atoms with E-state index in [0.717, 1.165) is 23.2 Å². The number of rotatable bonds is 10. The Morgan fingerprint density at radius 1 is 0.368 bits per heavy atom. The second kappa shape index (κ2) is 17.3. The van der Waals surface area contributed by atoms with Gasteiger partial charge in [-0.25, -0.2) is 0 Å². The normalized spacial score (nSPS) is 20.4. The molecule has 8 aromatic rings. The summed E-state index contributed by atoms with van der Waals surface area (Å²) < 4.78 is 0. The van der Waals surface area contributed by atoms with Crippen LogP contribution in [0.5, 0.6) is 0 Å². The summed E-state index contributed by atoms with van der Waals surface area (Å²) in [6.07, 6.45) is 7.91. The van der Waals surface area contributed by atoms with E-state index in [1.807, 2.05) is 0 Å². The molecule has 12 rings (SSSR count). The van der Waals surface area contributed by atoms with E-state index >= 15 is 0 Å². The molecule has 0 aliphatic heterocycles. The average Bonchev–Trinajstić information content (AvgIpc) is 3.31. The van der Waals surface area contributed by atoms with Crippen molar-refractivity contribution >= 4 is 40.2 Å². The molecule has 4 aliphatic rings. The lowest BCUT2D eigenvalue weighted by molar-refractivity contribution is -0.0281. The fourth-order valence-electron chi connectivity index (χ4n) is 14.2. The number of hydrogen-bond acceptors (Lipinski definition) is 1. The van der Waals surface area contributed by atoms with E-state index in [1.54, 1.807) is 5.56 Å². The van der Waals surface area contributed by atoms with Crippen LogP contribution in [0.1, 0.15) is 94.2 Å². The molecule has 4 aliphatic carbocycles. The molecule has 4 fully saturated rings. The molecule has 0 amide bonds. The van der Waals surface area contributed by atoms with E-state index in [1.165, 1.54) is 133 Å². The van der Waals surface area contributed by atoms with Crippen molar-refractivity contribution in [3.8, 4) is 22.3 Å². The highest BCUT2D eigenvalue weighted by molar-refractivity contribution is 6.96. The Morgan fingerprint density at radius 2 is 0.676 bits per heavy atom. The molecule has 2 atom stereocenters. The van der Waals surface area contributed by atoms with E-state index in [4.69, 9.17) is 0 Å². The quantitative estimate of drug-likeness (QED) is 0.124. The predicted octanol–water partition coefficient (Wildman–Crippen LogP) is 15.3. The zero-order valence-corrected chi connectivity index (χ0v) is 41.6. The van der Waals surface area contributed by atoms with Crippen LogP contribution in [0.25, 0.3) is 22.3 Å². The highest BCUT2D eigenvalue weighted by atomic mass is 15.1. The van der Waals surface area contributed by atoms with Gasteiger partial charge < -0.3 is 4.90 Å². The third-order valence-corrected chi connectivity index (χ3v) is 16.7. The maximum atomic E-state index is 2.57. The molecule has 4 bridgehead atoms. The number of nitrogens with zero attached hydrogens (tertiary/aromatic N) is 1. The van der Waals surface area contributed by atoms with Crippen LogP contribution in [-0.2, 0) is 10.8 Å². The second-order valence-electron chi connectivity index (χ2n) is 21.9. The van der Waals surface area contributed by atoms with Gasteiger partial charge in [0.25, 0.3) is 0 Å². The lowest BCUT2D eigenvalue weighted by atomic mass is 9.34. The van der Waals surface area contributed by atoms with Gasteiger partial charge in [-0.2, -0.15) is 0 Å². The van der Waals surface area contributed by atoms with Crippen LogP contribution in [0.15, 0.2) is 170 Å². The van der Waals surface area contributed by atoms with Gasteiger partial charge in [0.15, 0.2) is 0 Å². The SMILES string of the molecule is Cc1ccc(-c2ccc(N(c3ccc(-c4ccc(C)cc4)cc3)c3ccc(C45CC6CC(CC(c7ccc(B(c8c(C)cc(C)cc8C)c8c(C)cc(C)cc8C)cc7)(C6)C4)C5)cc3)cc2)cc1. The van der Waals surface area contributed by atoms with Crippen LogP contribution >= 0.6 is 0 Å². The highest BCUT2D eigenvalue weighted by Gasteiger charge is 2.58. The summed E-state index contributed by atoms with van der Waals surface area (Å²) >= 11 is 0. The number of benzene rings is 8. The molecule has 1 nitrogen and oxygen atoms in total. The first-order valence-corrected chi connectivity index (χ1v) is 25.3. The Bertz CT molecular complexity index is 2910. The molecule has 0 aromatic heterocycles. The average molecular weight is 884 g/mol. The smallest absolute Gasteiger partial charge is 0.242 e. The first kappa shape index (κ1) is 44.1. The van der Waals surface area contributed by atoms with Gasteiger partial charge >= 0.3 is 0 Å². The van der Waals surface area contributed by atoms with Crippen LogP contribution in [0, 0.1) is 67.2 Å². The summed E-state index contributed by atoms with van der Waals surface area (Å²) in [7, 11) is 0. The predicted molar refractivity (Wildman–Crippen MR) is 292 cm³/mol. The summed E-state index contributed by atoms with van der Waals surface area (Å²) in [6, 6.07) is 65.6. The van der Waals surface area contributed by atoms with Crippen molar-refractivity contribution in [1.82, 2.24) is 0 Å². The molecule has 4 saturated carbocycles. The minimum absolute atomic E-state index is 0.197. The zero-order valence-electron chi connectivity index (χ0n) is 41.6. The Balaban J connectivity index is 0.925. The van der Waals surface area contributed by atoms with Crippen LogP contribution in [-0.4, -0.2) is 6.71 Å². The Kier molecular flexibility index (Phi) is 11.2. The summed E-state index contributed by atoms with van der Waals surface area (Å²) in [6.45, 7) is 18.2. The van der Waals surface area contributed by atoms with Crippen LogP contribution < -0.4 is 21.3 Å². The summed E-state index contributed by atoms with van der Waals surface area (Å²) in [5.41, 5.74) is 27.1. The van der Waals surface area contributed by atoms with Gasteiger partial charge in [0, 0.05) is 17.1 Å². The number of anilines is 3. The Labute approximate surface area is 407 Å². The molecule has 0 spiro atoms. The first-order valence-electron chi connectivity index (χ1n) is 25.3. The van der Waals surface area contributed by atoms with Gasteiger partial charge in [-0.05, 0) is 186 Å². The summed E-state index contributed by atoms with van der Waals surface area (Å²) in [4.78, 5) is 2.44. The third-order valence-electron chi connectivity index (χ3n) is 16.7. The lowest BCUT2D eigenvalue weighted by Gasteiger charge is -2.63. The van der Waals surface area contributed by atoms with Crippen molar-refractivity contribution in [3.63, 3.8) is 0 Å². The van der Waals surface area contributed by atoms with Crippen molar-refractivity contribution < 1.29 is 0 Å². The molecular weight excluding hydrogens is 818 g/mol. The molecule has 0 heterocycles. The van der Waals surface area contributed by atoms with E-state index in [9.17, 15) is 0 Å². The molecule has 68 heavy (non-hydrogen) atoms. The summed E-state index contributed by atoms with van der Waals surface area (Å²) in [5, 5.41) is 0. The summed E-state index contributed by atoms with van der Waals surface area (Å²) in [5.74, 6) is 1.55. The molecule has 0 saturated heterocycles. The van der Waals surface area contributed by atoms with E-state index in [-0.39, 0.29) is 17.5 Å². The van der Waals surface area contributed by atoms with Gasteiger partial charge in [-0.1, -0.05) is 194 Å². The van der Waals surface area contributed by atoms with Gasteiger partial charge in [-0.3, -0.25) is 0 Å². The van der Waals surface area contributed by atoms with Crippen molar-refractivity contribution in [1.29, 1.82) is 0 Å². The molecule has 0 N–H and O–H groups in total. The van der Waals surface area contributed by atoms with E-state index in [0.29, 0.717) is 0 Å². The monoisotopic (exact) mass is 884 g/mol. The maximum absolute atomic E-state index is 2.57. The topological polar surface area (TPSA) is 3.24 Å². The largest absolute Gasteiger partial charge is 0.311 e. The molecule has 0 radical (unpaired) electrons. The Morgan fingerprint density at radius 3 is 1.03 bits per heavy atom. The number of aryl methyl sites for hydroxylation is 8. The van der Waals surface area contributed by atoms with E-state index < -0.39 is 0 Å². The minimum Gasteiger partial charge on any atom is -0.311 e. The fourth-order valence-corrected chi connectivity index (χ4v) is 14.2. The van der Waals surface area contributed by atoms with Gasteiger partial charge in [0.1, 0.15) is 0 Å². The van der Waals surface area contributed by atoms with Crippen molar-refractivity contribution in [3.05, 3.63) is 225 Å². The van der Waals surface area contributed by atoms with Crippen molar-refractivity contribution in [2.24, 2.45) is 11.8 Å². The van der Waals surface area contributed by atoms with Crippen LogP contribution in [0.2, 0.25) is 0 Å². The van der Waals surface area contributed by atoms with Crippen molar-refractivity contribution in [2.45, 2.75) is 105 Å². The molecule has 2 unspecified atom stereocenters. The maximum Gasteiger partial charge on any atom is 0.242 e. The van der Waals surface area contributed by atoms with Crippen LogP contribution in [0.3, 0.4) is 0 Å². The second-order valence-corrected chi connectivity index (χ2v) is 21.9. The van der Waals surface area contributed by atoms with Gasteiger partial charge in [0.2, 0.25) is 6.71 Å². The van der Waals surface area contributed by atoms with E-state index in [2.05, 4.69) is 230 Å². The molecule has 2 heteroatoms. The van der Waals surface area contributed by atoms with Crippen LogP contribution in [0.4, 0.5) is 17.1 Å². The molecular formula is C66H66BN. The van der Waals surface area contributed by atoms with Gasteiger partial charge in [-0.15, -0.1) is 0 Å². The molecule has 338 valence electrons. The zero-order chi connectivity index (χ0) is 46.9. The Hall–Kier alpha value is -6.38.